The molecular formula is C7H10N4O. The third-order valence-corrected chi connectivity index (χ3v) is 1.94. The lowest BCUT2D eigenvalue weighted by Gasteiger charge is -2.36. The van der Waals surface area contributed by atoms with Gasteiger partial charge in [-0.05, 0) is 0 Å². The van der Waals surface area contributed by atoms with E-state index in [0.717, 1.165) is 0 Å². The molecule has 0 bridgehead atoms. The van der Waals surface area contributed by atoms with E-state index in [1.54, 1.807) is 11.1 Å². The molecule has 1 aliphatic rings. The molecule has 12 heavy (non-hydrogen) atoms. The van der Waals surface area contributed by atoms with Gasteiger partial charge in [0.25, 0.3) is 5.91 Å². The van der Waals surface area contributed by atoms with Crippen LogP contribution in [0.1, 0.15) is 10.4 Å². The molecule has 3 N–H and O–H groups in total. The second-order valence-electron chi connectivity index (χ2n) is 2.96. The van der Waals surface area contributed by atoms with Gasteiger partial charge in [0.05, 0.1) is 11.8 Å². The molecule has 5 heteroatoms. The maximum absolute atomic E-state index is 11.4. The zero-order valence-electron chi connectivity index (χ0n) is 6.53. The van der Waals surface area contributed by atoms with E-state index in [1.807, 2.05) is 0 Å². The van der Waals surface area contributed by atoms with Crippen LogP contribution in [0.5, 0.6) is 0 Å². The van der Waals surface area contributed by atoms with Gasteiger partial charge in [-0.15, -0.1) is 0 Å². The van der Waals surface area contributed by atoms with Crippen LogP contribution in [0.3, 0.4) is 0 Å². The number of nitrogens with one attached hydrogen (secondary N) is 1. The summed E-state index contributed by atoms with van der Waals surface area (Å²) in [6, 6.07) is 0.154. The van der Waals surface area contributed by atoms with E-state index in [2.05, 4.69) is 10.2 Å². The van der Waals surface area contributed by atoms with Gasteiger partial charge in [-0.25, -0.2) is 0 Å². The van der Waals surface area contributed by atoms with E-state index in [9.17, 15) is 4.79 Å². The first-order valence-corrected chi connectivity index (χ1v) is 3.81. The minimum atomic E-state index is 0.00505. The standard InChI is InChI=1S/C7H10N4O/c8-6-3-11(4-6)7(12)5-1-9-10-2-5/h1-2,6H,3-4,8H2,(H,9,10). The van der Waals surface area contributed by atoms with E-state index < -0.39 is 0 Å². The van der Waals surface area contributed by atoms with Gasteiger partial charge in [0.15, 0.2) is 0 Å². The molecule has 1 amide bonds. The third kappa shape index (κ3) is 1.08. The summed E-state index contributed by atoms with van der Waals surface area (Å²) in [5.41, 5.74) is 6.14. The number of hydrogen-bond acceptors (Lipinski definition) is 3. The lowest BCUT2D eigenvalue weighted by molar-refractivity contribution is 0.0608. The number of aromatic amines is 1. The predicted molar refractivity (Wildman–Crippen MR) is 42.5 cm³/mol. The van der Waals surface area contributed by atoms with Crippen LogP contribution < -0.4 is 5.73 Å². The van der Waals surface area contributed by atoms with Crippen molar-refractivity contribution >= 4 is 5.91 Å². The van der Waals surface area contributed by atoms with Crippen LogP contribution in [0.25, 0.3) is 0 Å². The molecule has 0 aliphatic carbocycles. The fraction of sp³-hybridized carbons (Fsp3) is 0.429. The Morgan fingerprint density at radius 2 is 2.50 bits per heavy atom. The molecule has 2 rings (SSSR count). The van der Waals surface area contributed by atoms with Gasteiger partial charge >= 0.3 is 0 Å². The van der Waals surface area contributed by atoms with E-state index in [-0.39, 0.29) is 11.9 Å². The quantitative estimate of drug-likeness (QED) is 0.573. The number of aromatic nitrogens is 2. The molecule has 1 saturated heterocycles. The Morgan fingerprint density at radius 1 is 1.75 bits per heavy atom. The largest absolute Gasteiger partial charge is 0.335 e. The molecule has 0 radical (unpaired) electrons. The molecule has 1 fully saturated rings. The van der Waals surface area contributed by atoms with Gasteiger partial charge in [-0.2, -0.15) is 5.10 Å². The van der Waals surface area contributed by atoms with E-state index >= 15 is 0 Å². The first-order chi connectivity index (χ1) is 5.77. The number of rotatable bonds is 1. The summed E-state index contributed by atoms with van der Waals surface area (Å²) in [6.45, 7) is 1.31. The molecule has 0 unspecified atom stereocenters. The highest BCUT2D eigenvalue weighted by Crippen LogP contribution is 2.10. The maximum atomic E-state index is 11.4. The van der Waals surface area contributed by atoms with Gasteiger partial charge in [0.1, 0.15) is 0 Å². The molecule has 0 atom stereocenters. The van der Waals surface area contributed by atoms with Gasteiger partial charge in [-0.1, -0.05) is 0 Å². The zero-order valence-corrected chi connectivity index (χ0v) is 6.53. The predicted octanol–water partition coefficient (Wildman–Crippen LogP) is -0.807. The number of nitrogens with two attached hydrogens (primary N) is 1. The topological polar surface area (TPSA) is 75.0 Å². The fourth-order valence-corrected chi connectivity index (χ4v) is 1.23. The van der Waals surface area contributed by atoms with Crippen LogP contribution in [-0.4, -0.2) is 40.1 Å². The highest BCUT2D eigenvalue weighted by molar-refractivity contribution is 5.94. The van der Waals surface area contributed by atoms with Gasteiger partial charge in [0, 0.05) is 25.3 Å². The summed E-state index contributed by atoms with van der Waals surface area (Å²) in [7, 11) is 0. The number of nitrogens with zero attached hydrogens (tertiary/aromatic N) is 2. The monoisotopic (exact) mass is 166 g/mol. The normalized spacial score (nSPS) is 17.6. The number of carbonyl (C=O) groups excluding carboxylic acids is 1. The Kier molecular flexibility index (Phi) is 1.58. The summed E-state index contributed by atoms with van der Waals surface area (Å²) in [5.74, 6) is 0.00505. The zero-order chi connectivity index (χ0) is 8.55. The third-order valence-electron chi connectivity index (χ3n) is 1.94. The summed E-state index contributed by atoms with van der Waals surface area (Å²) < 4.78 is 0. The Morgan fingerprint density at radius 3 is 3.00 bits per heavy atom. The number of carbonyl (C=O) groups is 1. The SMILES string of the molecule is NC1CN(C(=O)c2cn[nH]c2)C1. The van der Waals surface area contributed by atoms with Gasteiger partial charge in [0.2, 0.25) is 0 Å². The molecule has 0 aromatic carbocycles. The van der Waals surface area contributed by atoms with Crippen molar-refractivity contribution in [1.29, 1.82) is 0 Å². The minimum Gasteiger partial charge on any atom is -0.335 e. The first-order valence-electron chi connectivity index (χ1n) is 3.81. The Labute approximate surface area is 69.5 Å². The van der Waals surface area contributed by atoms with Crippen molar-refractivity contribution in [2.24, 2.45) is 5.73 Å². The molecule has 1 aromatic rings. The van der Waals surface area contributed by atoms with Crippen molar-refractivity contribution in [3.63, 3.8) is 0 Å². The lowest BCUT2D eigenvalue weighted by atomic mass is 10.1. The van der Waals surface area contributed by atoms with Gasteiger partial charge < -0.3 is 10.6 Å². The van der Waals surface area contributed by atoms with Crippen molar-refractivity contribution < 1.29 is 4.79 Å². The van der Waals surface area contributed by atoms with E-state index in [0.29, 0.717) is 18.7 Å². The smallest absolute Gasteiger partial charge is 0.257 e. The maximum Gasteiger partial charge on any atom is 0.257 e. The molecular weight excluding hydrogens is 156 g/mol. The van der Waals surface area contributed by atoms with E-state index in [1.165, 1.54) is 6.20 Å². The summed E-state index contributed by atoms with van der Waals surface area (Å²) in [4.78, 5) is 13.1. The Hall–Kier alpha value is -1.36. The highest BCUT2D eigenvalue weighted by atomic mass is 16.2. The second kappa shape index (κ2) is 2.60. The van der Waals surface area contributed by atoms with Crippen LogP contribution >= 0.6 is 0 Å². The van der Waals surface area contributed by atoms with Crippen molar-refractivity contribution in [3.05, 3.63) is 18.0 Å². The van der Waals surface area contributed by atoms with E-state index in [4.69, 9.17) is 5.73 Å². The minimum absolute atomic E-state index is 0.00505. The number of amides is 1. The summed E-state index contributed by atoms with van der Waals surface area (Å²) in [6.07, 6.45) is 3.11. The number of likely N-dealkylation sites (tertiary alicyclic amines) is 1. The van der Waals surface area contributed by atoms with Crippen LogP contribution in [0.2, 0.25) is 0 Å². The van der Waals surface area contributed by atoms with Crippen molar-refractivity contribution in [3.8, 4) is 0 Å². The Balaban J connectivity index is 2.03. The van der Waals surface area contributed by atoms with Crippen molar-refractivity contribution in [2.45, 2.75) is 6.04 Å². The van der Waals surface area contributed by atoms with Crippen molar-refractivity contribution in [2.75, 3.05) is 13.1 Å². The molecule has 2 heterocycles. The molecule has 64 valence electrons. The highest BCUT2D eigenvalue weighted by Gasteiger charge is 2.28. The molecule has 5 nitrogen and oxygen atoms in total. The lowest BCUT2D eigenvalue weighted by Crippen LogP contribution is -2.57. The molecule has 1 aliphatic heterocycles. The van der Waals surface area contributed by atoms with Crippen LogP contribution in [0.15, 0.2) is 12.4 Å². The average Bonchev–Trinajstić information content (AvgIpc) is 2.49. The molecule has 0 saturated carbocycles. The summed E-state index contributed by atoms with van der Waals surface area (Å²) in [5, 5.41) is 6.30. The average molecular weight is 166 g/mol. The van der Waals surface area contributed by atoms with Crippen molar-refractivity contribution in [1.82, 2.24) is 15.1 Å². The Bertz CT molecular complexity index is 276. The van der Waals surface area contributed by atoms with Crippen LogP contribution in [0, 0.1) is 0 Å². The van der Waals surface area contributed by atoms with Gasteiger partial charge in [-0.3, -0.25) is 9.89 Å². The van der Waals surface area contributed by atoms with Crippen LogP contribution in [0.4, 0.5) is 0 Å². The first kappa shape index (κ1) is 7.30. The second-order valence-corrected chi connectivity index (χ2v) is 2.96. The number of hydrogen-bond donors (Lipinski definition) is 2. The molecule has 0 spiro atoms. The number of H-pyrrole nitrogens is 1. The fourth-order valence-electron chi connectivity index (χ4n) is 1.23. The van der Waals surface area contributed by atoms with Crippen LogP contribution in [-0.2, 0) is 0 Å². The summed E-state index contributed by atoms with van der Waals surface area (Å²) >= 11 is 0. The molecule has 1 aromatic heterocycles.